The van der Waals surface area contributed by atoms with Crippen LogP contribution in [0.5, 0.6) is 0 Å². The van der Waals surface area contributed by atoms with Crippen LogP contribution < -0.4 is 0 Å². The number of halogens is 4. The fourth-order valence-electron chi connectivity index (χ4n) is 0. The molecule has 0 atom stereocenters. The molecule has 0 rings (SSSR count). The van der Waals surface area contributed by atoms with Crippen LogP contribution in [0.1, 0.15) is 68.7 Å². The largest absolute Gasteiger partial charge is 0.242 e. The number of hydrogen-bond acceptors (Lipinski definition) is 0. The molecule has 0 aromatic rings. The van der Waals surface area contributed by atoms with Crippen molar-refractivity contribution >= 4 is 0 Å². The Morgan fingerprint density at radius 1 is 0.875 bits per heavy atom. The second-order valence-corrected chi connectivity index (χ2v) is 3.26. The third-order valence-electron chi connectivity index (χ3n) is 0. The second-order valence-electron chi connectivity index (χ2n) is 3.26. The van der Waals surface area contributed by atoms with Gasteiger partial charge in [0.1, 0.15) is 0 Å². The molecule has 0 saturated heterocycles. The minimum atomic E-state index is -2.50. The van der Waals surface area contributed by atoms with Gasteiger partial charge in [-0.3, -0.25) is 0 Å². The standard InChI is InChI=1S/C3H6F2.2C3H8.C2H4F2.CH4/c1-3(2,4)5;2*1-3-2;1-2(3)4;/h1-2H3;2*3H2,1-2H3;2H,1H3;1H4. The van der Waals surface area contributed by atoms with E-state index in [1.165, 1.54) is 12.8 Å². The lowest BCUT2D eigenvalue weighted by Crippen LogP contribution is -1.98. The van der Waals surface area contributed by atoms with Crippen LogP contribution >= 0.6 is 0 Å². The Hall–Kier alpha value is -0.280. The summed E-state index contributed by atoms with van der Waals surface area (Å²) in [6.07, 6.45) is 0.333. The summed E-state index contributed by atoms with van der Waals surface area (Å²) in [6.45, 7) is 11.0. The van der Waals surface area contributed by atoms with Crippen molar-refractivity contribution in [3.8, 4) is 0 Å². The van der Waals surface area contributed by atoms with Gasteiger partial charge in [0, 0.05) is 0 Å². The molecule has 0 N–H and O–H groups in total. The molecule has 0 heterocycles. The zero-order valence-electron chi connectivity index (χ0n) is 11.0. The van der Waals surface area contributed by atoms with Gasteiger partial charge in [-0.05, 0) is 20.8 Å². The summed E-state index contributed by atoms with van der Waals surface area (Å²) in [5.41, 5.74) is 0. The average Bonchev–Trinajstić information content (AvgIpc) is 1.82. The molecule has 0 saturated carbocycles. The highest BCUT2D eigenvalue weighted by molar-refractivity contribution is 4.40. The van der Waals surface area contributed by atoms with Gasteiger partial charge in [0.2, 0.25) is 12.3 Å². The van der Waals surface area contributed by atoms with E-state index in [4.69, 9.17) is 0 Å². The molecule has 0 aliphatic heterocycles. The van der Waals surface area contributed by atoms with Crippen LogP contribution in [-0.4, -0.2) is 12.3 Å². The predicted molar refractivity (Wildman–Crippen MR) is 66.6 cm³/mol. The fourth-order valence-corrected chi connectivity index (χ4v) is 0. The number of hydrogen-bond donors (Lipinski definition) is 0. The van der Waals surface area contributed by atoms with Crippen LogP contribution in [0.15, 0.2) is 0 Å². The summed E-state index contributed by atoms with van der Waals surface area (Å²) in [5.74, 6) is -2.50. The molecule has 0 aromatic heterocycles. The first-order valence-electron chi connectivity index (χ1n) is 5.22. The molecule has 0 nitrogen and oxygen atoms in total. The summed E-state index contributed by atoms with van der Waals surface area (Å²) < 4.78 is 42.7. The van der Waals surface area contributed by atoms with Crippen LogP contribution in [0, 0.1) is 0 Å². The van der Waals surface area contributed by atoms with E-state index in [-0.39, 0.29) is 7.43 Å². The van der Waals surface area contributed by atoms with Gasteiger partial charge >= 0.3 is 0 Å². The molecule has 0 aromatic carbocycles. The smallest absolute Gasteiger partial charge is 0.211 e. The van der Waals surface area contributed by atoms with Gasteiger partial charge in [0.05, 0.1) is 0 Å². The Morgan fingerprint density at radius 3 is 0.875 bits per heavy atom. The van der Waals surface area contributed by atoms with E-state index < -0.39 is 12.3 Å². The van der Waals surface area contributed by atoms with Crippen molar-refractivity contribution in [1.29, 1.82) is 0 Å². The van der Waals surface area contributed by atoms with E-state index >= 15 is 0 Å². The van der Waals surface area contributed by atoms with Gasteiger partial charge in [-0.15, -0.1) is 0 Å². The van der Waals surface area contributed by atoms with Gasteiger partial charge in [-0.25, -0.2) is 17.6 Å². The van der Waals surface area contributed by atoms with E-state index in [1.807, 2.05) is 0 Å². The second kappa shape index (κ2) is 24.1. The fraction of sp³-hybridized carbons (Fsp3) is 1.00. The van der Waals surface area contributed by atoms with Gasteiger partial charge in [-0.2, -0.15) is 0 Å². The molecule has 0 unspecified atom stereocenters. The maximum Gasteiger partial charge on any atom is 0.242 e. The number of alkyl halides is 4. The molecule has 0 fully saturated rings. The molecule has 0 radical (unpaired) electrons. The first-order chi connectivity index (χ1) is 6.56. The van der Waals surface area contributed by atoms with E-state index in [0.717, 1.165) is 20.8 Å². The zero-order chi connectivity index (χ0) is 13.5. The molecule has 0 spiro atoms. The SMILES string of the molecule is C.CC(C)(F)F.CC(F)F.CCC.CCC. The monoisotopic (exact) mass is 250 g/mol. The molecule has 0 aliphatic rings. The Kier molecular flexibility index (Phi) is 44.7. The van der Waals surface area contributed by atoms with E-state index in [2.05, 4.69) is 27.7 Å². The highest BCUT2D eigenvalue weighted by Gasteiger charge is 2.08. The molecule has 16 heavy (non-hydrogen) atoms. The highest BCUT2D eigenvalue weighted by atomic mass is 19.3. The van der Waals surface area contributed by atoms with Crippen LogP contribution in [0.2, 0.25) is 0 Å². The van der Waals surface area contributed by atoms with Crippen LogP contribution in [0.3, 0.4) is 0 Å². The maximum atomic E-state index is 11.0. The van der Waals surface area contributed by atoms with Gasteiger partial charge in [-0.1, -0.05) is 48.0 Å². The Bertz CT molecular complexity index is 66.8. The Morgan fingerprint density at radius 2 is 0.875 bits per heavy atom. The minimum Gasteiger partial charge on any atom is -0.211 e. The Labute approximate surface area is 99.4 Å². The lowest BCUT2D eigenvalue weighted by atomic mass is 10.5. The lowest BCUT2D eigenvalue weighted by molar-refractivity contribution is 0.0437. The third-order valence-corrected chi connectivity index (χ3v) is 0. The Balaban J connectivity index is -0.0000000338. The van der Waals surface area contributed by atoms with Crippen molar-refractivity contribution in [3.05, 3.63) is 0 Å². The summed E-state index contributed by atoms with van der Waals surface area (Å²) in [5, 5.41) is 0. The van der Waals surface area contributed by atoms with Gasteiger partial charge in [0.25, 0.3) is 0 Å². The summed E-state index contributed by atoms with van der Waals surface area (Å²) in [7, 11) is 0. The molecule has 4 heteroatoms. The normalized spacial score (nSPS) is 8.25. The van der Waals surface area contributed by atoms with Crippen molar-refractivity contribution in [2.24, 2.45) is 0 Å². The molecule has 0 amide bonds. The molecule has 106 valence electrons. The lowest BCUT2D eigenvalue weighted by Gasteiger charge is -1.94. The first-order valence-corrected chi connectivity index (χ1v) is 5.22. The van der Waals surface area contributed by atoms with Crippen LogP contribution in [0.4, 0.5) is 17.6 Å². The van der Waals surface area contributed by atoms with Crippen molar-refractivity contribution in [3.63, 3.8) is 0 Å². The van der Waals surface area contributed by atoms with Crippen molar-refractivity contribution in [2.75, 3.05) is 0 Å². The van der Waals surface area contributed by atoms with Crippen LogP contribution in [-0.2, 0) is 0 Å². The summed E-state index contributed by atoms with van der Waals surface area (Å²) in [4.78, 5) is 0. The van der Waals surface area contributed by atoms with E-state index in [1.54, 1.807) is 0 Å². The molecular weight excluding hydrogens is 220 g/mol. The molecular formula is C12H30F4. The van der Waals surface area contributed by atoms with Gasteiger partial charge in [0.15, 0.2) is 0 Å². The minimum absolute atomic E-state index is 0. The summed E-state index contributed by atoms with van der Waals surface area (Å²) in [6, 6.07) is 0. The van der Waals surface area contributed by atoms with Crippen molar-refractivity contribution in [1.82, 2.24) is 0 Å². The molecule has 0 bridgehead atoms. The van der Waals surface area contributed by atoms with Crippen molar-refractivity contribution < 1.29 is 17.6 Å². The topological polar surface area (TPSA) is 0 Å². The van der Waals surface area contributed by atoms with Gasteiger partial charge < -0.3 is 0 Å². The van der Waals surface area contributed by atoms with Crippen LogP contribution in [0.25, 0.3) is 0 Å². The maximum absolute atomic E-state index is 11.0. The number of rotatable bonds is 0. The third kappa shape index (κ3) is 28300. The van der Waals surface area contributed by atoms with Crippen molar-refractivity contribution in [2.45, 2.75) is 81.1 Å². The average molecular weight is 250 g/mol. The zero-order valence-corrected chi connectivity index (χ0v) is 11.0. The predicted octanol–water partition coefficient (Wildman–Crippen LogP) is 6.40. The summed E-state index contributed by atoms with van der Waals surface area (Å²) >= 11 is 0. The highest BCUT2D eigenvalue weighted by Crippen LogP contribution is 2.06. The molecule has 0 aliphatic carbocycles. The van der Waals surface area contributed by atoms with E-state index in [9.17, 15) is 17.6 Å². The first kappa shape index (κ1) is 29.6. The quantitative estimate of drug-likeness (QED) is 0.436. The van der Waals surface area contributed by atoms with E-state index in [0.29, 0.717) is 0 Å².